The second-order valence-corrected chi connectivity index (χ2v) is 8.93. The molecule has 0 aromatic rings. The van der Waals surface area contributed by atoms with E-state index in [1.165, 1.54) is 0 Å². The zero-order chi connectivity index (χ0) is 16.6. The Labute approximate surface area is 125 Å². The molecule has 1 N–H and O–H groups in total. The Morgan fingerprint density at radius 2 is 1.95 bits per heavy atom. The quantitative estimate of drug-likeness (QED) is 0.806. The van der Waals surface area contributed by atoms with Gasteiger partial charge in [0, 0.05) is 11.3 Å². The maximum Gasteiger partial charge on any atom is 0.404 e. The molecule has 1 fully saturated rings. The van der Waals surface area contributed by atoms with E-state index in [1.54, 1.807) is 27.7 Å². The molecule has 0 aromatic heterocycles. The first kappa shape index (κ1) is 18.6. The van der Waals surface area contributed by atoms with Crippen molar-refractivity contribution in [1.82, 2.24) is 4.31 Å². The number of carbonyl (C=O) groups excluding carboxylic acids is 1. The molecule has 0 bridgehead atoms. The second-order valence-electron chi connectivity index (χ2n) is 6.05. The van der Waals surface area contributed by atoms with E-state index in [0.717, 1.165) is 4.31 Å². The zero-order valence-corrected chi connectivity index (χ0v) is 13.4. The average Bonchev–Trinajstić information content (AvgIpc) is 2.72. The lowest BCUT2D eigenvalue weighted by molar-refractivity contribution is -0.166. The van der Waals surface area contributed by atoms with Gasteiger partial charge >= 0.3 is 12.1 Å². The number of hydrogen-bond acceptors (Lipinski definition) is 4. The van der Waals surface area contributed by atoms with Crippen LogP contribution in [0.1, 0.15) is 34.1 Å². The van der Waals surface area contributed by atoms with Gasteiger partial charge in [-0.25, -0.2) is 4.31 Å². The Bertz CT molecular complexity index is 393. The number of rotatable bonds is 3. The Morgan fingerprint density at radius 3 is 2.33 bits per heavy atom. The third-order valence-corrected chi connectivity index (χ3v) is 6.43. The third-order valence-electron chi connectivity index (χ3n) is 3.51. The normalized spacial score (nSPS) is 29.0. The molecular weight excluding hydrogens is 307 g/mol. The van der Waals surface area contributed by atoms with E-state index < -0.39 is 45.8 Å². The van der Waals surface area contributed by atoms with Crippen LogP contribution in [0.3, 0.4) is 0 Å². The van der Waals surface area contributed by atoms with Crippen molar-refractivity contribution in [3.8, 4) is 0 Å². The van der Waals surface area contributed by atoms with Crippen LogP contribution in [0.2, 0.25) is 0 Å². The molecule has 1 rings (SSSR count). The molecule has 3 atom stereocenters. The number of ether oxygens (including phenoxy) is 1. The van der Waals surface area contributed by atoms with Gasteiger partial charge in [-0.3, -0.25) is 4.79 Å². The van der Waals surface area contributed by atoms with Crippen LogP contribution in [0.15, 0.2) is 0 Å². The molecule has 1 aliphatic heterocycles. The summed E-state index contributed by atoms with van der Waals surface area (Å²) in [6.45, 7) is 6.17. The summed E-state index contributed by atoms with van der Waals surface area (Å²) in [5.41, 5.74) is 0. The molecule has 0 aliphatic carbocycles. The maximum atomic E-state index is 13.2. The van der Waals surface area contributed by atoms with Crippen molar-refractivity contribution in [2.75, 3.05) is 13.2 Å². The van der Waals surface area contributed by atoms with Crippen molar-refractivity contribution in [3.05, 3.63) is 6.26 Å². The summed E-state index contributed by atoms with van der Waals surface area (Å²) in [4.78, 5) is 11.7. The van der Waals surface area contributed by atoms with Gasteiger partial charge in [-0.15, -0.1) is 0 Å². The highest BCUT2D eigenvalue weighted by Crippen LogP contribution is 2.61. The number of alkyl halides is 3. The standard InChI is InChI=1S/C13H22F3NO3S/c1-6-20-11(18)9-7-10(13(14,15)16)17(8-9)21(5,19)12(2,3)4/h5,9-10,19H,6-8H2,1-4H3/t9?,10-/m0/s1. The highest BCUT2D eigenvalue weighted by atomic mass is 32.3. The molecule has 0 amide bonds. The van der Waals surface area contributed by atoms with Gasteiger partial charge in [0.2, 0.25) is 0 Å². The van der Waals surface area contributed by atoms with Crippen molar-refractivity contribution in [3.63, 3.8) is 0 Å². The van der Waals surface area contributed by atoms with Crippen molar-refractivity contribution in [1.29, 1.82) is 0 Å². The summed E-state index contributed by atoms with van der Waals surface area (Å²) in [6.07, 6.45) is 0.833. The lowest BCUT2D eigenvalue weighted by Gasteiger charge is -2.50. The van der Waals surface area contributed by atoms with Crippen LogP contribution in [0.4, 0.5) is 13.2 Å². The van der Waals surface area contributed by atoms with Crippen LogP contribution < -0.4 is 0 Å². The predicted molar refractivity (Wildman–Crippen MR) is 75.6 cm³/mol. The van der Waals surface area contributed by atoms with Crippen LogP contribution in [0.25, 0.3) is 0 Å². The van der Waals surface area contributed by atoms with E-state index in [2.05, 4.69) is 0 Å². The van der Waals surface area contributed by atoms with E-state index in [-0.39, 0.29) is 13.2 Å². The minimum atomic E-state index is -4.56. The van der Waals surface area contributed by atoms with E-state index in [4.69, 9.17) is 11.0 Å². The van der Waals surface area contributed by atoms with Crippen molar-refractivity contribution >= 4 is 16.5 Å². The molecule has 2 radical (unpaired) electrons. The van der Waals surface area contributed by atoms with Gasteiger partial charge in [-0.2, -0.15) is 13.2 Å². The van der Waals surface area contributed by atoms with E-state index in [9.17, 15) is 22.5 Å². The monoisotopic (exact) mass is 329 g/mol. The van der Waals surface area contributed by atoms with Gasteiger partial charge in [0.25, 0.3) is 0 Å². The summed E-state index contributed by atoms with van der Waals surface area (Å²) < 4.78 is 54.8. The number of hydrogen-bond donors (Lipinski definition) is 1. The van der Waals surface area contributed by atoms with Crippen molar-refractivity contribution < 1.29 is 27.3 Å². The van der Waals surface area contributed by atoms with Crippen LogP contribution in [-0.4, -0.2) is 44.9 Å². The number of esters is 1. The maximum absolute atomic E-state index is 13.2. The summed E-state index contributed by atoms with van der Waals surface area (Å²) in [6, 6.07) is -1.93. The van der Waals surface area contributed by atoms with E-state index in [1.807, 2.05) is 0 Å². The summed E-state index contributed by atoms with van der Waals surface area (Å²) in [5, 5.41) is 0. The van der Waals surface area contributed by atoms with Crippen molar-refractivity contribution in [2.45, 2.75) is 51.1 Å². The molecule has 8 heteroatoms. The summed E-state index contributed by atoms with van der Waals surface area (Å²) >= 11 is 0. The molecule has 4 nitrogen and oxygen atoms in total. The minimum absolute atomic E-state index is 0.102. The van der Waals surface area contributed by atoms with Gasteiger partial charge in [0.15, 0.2) is 0 Å². The first-order valence-corrected chi connectivity index (χ1v) is 8.26. The molecule has 1 saturated heterocycles. The number of halogens is 3. The van der Waals surface area contributed by atoms with E-state index >= 15 is 0 Å². The van der Waals surface area contributed by atoms with Crippen molar-refractivity contribution in [2.24, 2.45) is 5.92 Å². The predicted octanol–water partition coefficient (Wildman–Crippen LogP) is 3.46. The van der Waals surface area contributed by atoms with Crippen LogP contribution in [0.5, 0.6) is 0 Å². The van der Waals surface area contributed by atoms with Gasteiger partial charge in [-0.05, 0) is 34.1 Å². The molecule has 2 unspecified atom stereocenters. The minimum Gasteiger partial charge on any atom is -0.466 e. The zero-order valence-electron chi connectivity index (χ0n) is 12.6. The number of carbonyl (C=O) groups is 1. The first-order chi connectivity index (χ1) is 9.32. The first-order valence-electron chi connectivity index (χ1n) is 6.65. The average molecular weight is 329 g/mol. The van der Waals surface area contributed by atoms with Gasteiger partial charge in [0.05, 0.1) is 18.8 Å². The summed E-state index contributed by atoms with van der Waals surface area (Å²) in [7, 11) is -3.18. The largest absolute Gasteiger partial charge is 0.466 e. The molecule has 124 valence electrons. The molecule has 21 heavy (non-hydrogen) atoms. The fourth-order valence-electron chi connectivity index (χ4n) is 2.19. The van der Waals surface area contributed by atoms with Gasteiger partial charge in [-0.1, -0.05) is 10.5 Å². The van der Waals surface area contributed by atoms with Gasteiger partial charge < -0.3 is 9.29 Å². The van der Waals surface area contributed by atoms with E-state index in [0.29, 0.717) is 0 Å². The molecule has 1 aliphatic rings. The molecular formula is C13H22F3NO3S. The van der Waals surface area contributed by atoms with Gasteiger partial charge in [0.1, 0.15) is 6.04 Å². The van der Waals surface area contributed by atoms with Crippen LogP contribution >= 0.6 is 10.5 Å². The molecule has 0 spiro atoms. The topological polar surface area (TPSA) is 49.8 Å². The third kappa shape index (κ3) is 3.84. The smallest absolute Gasteiger partial charge is 0.404 e. The lowest BCUT2D eigenvalue weighted by atomic mass is 10.1. The fourth-order valence-corrected chi connectivity index (χ4v) is 3.90. The van der Waals surface area contributed by atoms with Crippen LogP contribution in [0, 0.1) is 12.2 Å². The summed E-state index contributed by atoms with van der Waals surface area (Å²) in [5.74, 6) is -1.61. The SMILES string of the molecule is [CH]S(O)(N1CC(C(=O)OCC)C[C@H]1C(F)(F)F)C(C)(C)C. The van der Waals surface area contributed by atoms with Crippen LogP contribution in [-0.2, 0) is 9.53 Å². The highest BCUT2D eigenvalue weighted by molar-refractivity contribution is 8.29. The fraction of sp³-hybridized carbons (Fsp3) is 0.846. The number of nitrogens with zero attached hydrogens (tertiary/aromatic N) is 1. The Hall–Kier alpha value is -0.470. The second kappa shape index (κ2) is 5.96. The Balaban J connectivity index is 3.08. The lowest BCUT2D eigenvalue weighted by Crippen LogP contribution is -2.46. The molecule has 1 heterocycles. The molecule has 0 aromatic carbocycles. The molecule has 0 saturated carbocycles. The Morgan fingerprint density at radius 1 is 1.43 bits per heavy atom. The highest BCUT2D eigenvalue weighted by Gasteiger charge is 2.56. The Kier molecular flexibility index (Phi) is 5.28.